The molecule has 23 heteroatoms. The summed E-state index contributed by atoms with van der Waals surface area (Å²) in [7, 11) is 0. The molecule has 85 heavy (non-hydrogen) atoms. The van der Waals surface area contributed by atoms with Crippen LogP contribution in [0.1, 0.15) is 189 Å². The van der Waals surface area contributed by atoms with Crippen LogP contribution in [0, 0.1) is 40.4 Å². The molecular formula is C62H94N2O21. The molecule has 2 bridgehead atoms. The van der Waals surface area contributed by atoms with Crippen molar-refractivity contribution in [3.8, 4) is 0 Å². The van der Waals surface area contributed by atoms with E-state index in [0.717, 1.165) is 57.8 Å². The number of ketones is 1. The quantitative estimate of drug-likeness (QED) is 0.0353. The van der Waals surface area contributed by atoms with Crippen LogP contribution in [0.5, 0.6) is 0 Å². The first-order chi connectivity index (χ1) is 40.3. The first-order valence-corrected chi connectivity index (χ1v) is 31.4. The van der Waals surface area contributed by atoms with Crippen LogP contribution in [0.15, 0.2) is 11.1 Å². The van der Waals surface area contributed by atoms with Crippen molar-refractivity contribution in [2.24, 2.45) is 40.4 Å². The third-order valence-corrected chi connectivity index (χ3v) is 20.8. The van der Waals surface area contributed by atoms with Crippen molar-refractivity contribution in [3.05, 3.63) is 11.1 Å². The van der Waals surface area contributed by atoms with E-state index in [1.54, 1.807) is 20.8 Å². The summed E-state index contributed by atoms with van der Waals surface area (Å²) in [6.45, 7) is 8.79. The van der Waals surface area contributed by atoms with Gasteiger partial charge in [-0.3, -0.25) is 33.6 Å². The van der Waals surface area contributed by atoms with E-state index >= 15 is 4.79 Å². The van der Waals surface area contributed by atoms with Crippen molar-refractivity contribution < 1.29 is 102 Å². The van der Waals surface area contributed by atoms with Gasteiger partial charge in [-0.15, -0.1) is 0 Å². The predicted octanol–water partition coefficient (Wildman–Crippen LogP) is 3.53. The van der Waals surface area contributed by atoms with Gasteiger partial charge in [0.15, 0.2) is 18.0 Å². The van der Waals surface area contributed by atoms with Crippen molar-refractivity contribution in [1.82, 2.24) is 10.6 Å². The molecule has 23 nitrogen and oxygen atoms in total. The van der Waals surface area contributed by atoms with Crippen molar-refractivity contribution in [2.75, 3.05) is 19.8 Å². The zero-order valence-electron chi connectivity index (χ0n) is 50.4. The molecule has 0 radical (unpaired) electrons. The minimum Gasteiger partial charge on any atom is -0.458 e. The SMILES string of the molecule is CC(=O)OC1C[C@]2(C)C(O)CC3OC[C@@]3(OC(C)=O)C2[C@H](CC(=O)C2CCCCC2)C2(O)CC(OC(=O)C(OC(=O)CCC(=O)NCCCC(=O)OC3C(O)C(O)OC(CO)C3O)C(NC(=O)C3CCCCC3)C3CCCCC3)C(C)=C1C2(C)C. The first-order valence-electron chi connectivity index (χ1n) is 31.4. The molecule has 2 saturated heterocycles. The number of aliphatic hydroxyl groups is 6. The number of hydrogen-bond donors (Lipinski definition) is 8. The number of fused-ring (bicyclic) bond motifs is 5. The second-order valence-corrected chi connectivity index (χ2v) is 26.6. The van der Waals surface area contributed by atoms with Crippen LogP contribution in [0.4, 0.5) is 0 Å². The van der Waals surface area contributed by atoms with Gasteiger partial charge in [0.05, 0.1) is 37.4 Å². The smallest absolute Gasteiger partial charge is 0.350 e. The summed E-state index contributed by atoms with van der Waals surface area (Å²) in [5, 5.41) is 72.6. The summed E-state index contributed by atoms with van der Waals surface area (Å²) in [5.74, 6) is -8.27. The molecule has 0 aromatic heterocycles. The maximum Gasteiger partial charge on any atom is 0.350 e. The van der Waals surface area contributed by atoms with Gasteiger partial charge < -0.3 is 74.4 Å². The maximum atomic E-state index is 15.6. The van der Waals surface area contributed by atoms with Gasteiger partial charge in [-0.2, -0.15) is 0 Å². The number of ether oxygens (including phenoxy) is 7. The number of carbonyl (C=O) groups excluding carboxylic acids is 8. The summed E-state index contributed by atoms with van der Waals surface area (Å²) in [4.78, 5) is 112. The van der Waals surface area contributed by atoms with E-state index in [4.69, 9.17) is 33.2 Å². The minimum atomic E-state index is -2.05. The molecule has 2 aliphatic heterocycles. The molecule has 6 aliphatic carbocycles. The van der Waals surface area contributed by atoms with Crippen molar-refractivity contribution in [2.45, 2.75) is 268 Å². The van der Waals surface area contributed by atoms with Gasteiger partial charge in [-0.05, 0) is 75.4 Å². The summed E-state index contributed by atoms with van der Waals surface area (Å²) in [6, 6.07) is -1.08. The van der Waals surface area contributed by atoms with Crippen LogP contribution in [-0.4, -0.2) is 176 Å². The molecule has 13 unspecified atom stereocenters. The monoisotopic (exact) mass is 1200 g/mol. The maximum absolute atomic E-state index is 15.6. The first kappa shape index (κ1) is 66.3. The van der Waals surface area contributed by atoms with E-state index < -0.39 is 156 Å². The lowest BCUT2D eigenvalue weighted by molar-refractivity contribution is -0.348. The van der Waals surface area contributed by atoms with Gasteiger partial charge in [0.2, 0.25) is 17.9 Å². The van der Waals surface area contributed by atoms with Crippen LogP contribution in [-0.2, 0) is 71.5 Å². The molecular weight excluding hydrogens is 1110 g/mol. The molecule has 0 spiro atoms. The fourth-order valence-corrected chi connectivity index (χ4v) is 16.3. The molecule has 8 rings (SSSR count). The Morgan fingerprint density at radius 1 is 0.729 bits per heavy atom. The number of hydrogen-bond acceptors (Lipinski definition) is 21. The van der Waals surface area contributed by atoms with E-state index in [0.29, 0.717) is 49.7 Å². The molecule has 0 aromatic carbocycles. The molecule has 8 aliphatic rings. The highest BCUT2D eigenvalue weighted by Gasteiger charge is 2.75. The molecule has 7 fully saturated rings. The third kappa shape index (κ3) is 14.1. The highest BCUT2D eigenvalue weighted by molar-refractivity contribution is 5.86. The topological polar surface area (TPSA) is 347 Å². The van der Waals surface area contributed by atoms with Crippen LogP contribution < -0.4 is 10.6 Å². The van der Waals surface area contributed by atoms with Gasteiger partial charge in [-0.1, -0.05) is 78.6 Å². The number of aliphatic hydroxyl groups excluding tert-OH is 5. The van der Waals surface area contributed by atoms with E-state index in [1.165, 1.54) is 13.8 Å². The van der Waals surface area contributed by atoms with E-state index in [2.05, 4.69) is 10.6 Å². The van der Waals surface area contributed by atoms with Gasteiger partial charge >= 0.3 is 29.8 Å². The largest absolute Gasteiger partial charge is 0.458 e. The van der Waals surface area contributed by atoms with Gasteiger partial charge in [0.25, 0.3) is 0 Å². The Morgan fingerprint density at radius 2 is 1.36 bits per heavy atom. The summed E-state index contributed by atoms with van der Waals surface area (Å²) < 4.78 is 41.7. The summed E-state index contributed by atoms with van der Waals surface area (Å²) in [5.41, 5.74) is -5.30. The van der Waals surface area contributed by atoms with Gasteiger partial charge in [0, 0.05) is 87.0 Å². The van der Waals surface area contributed by atoms with E-state index in [1.807, 2.05) is 6.92 Å². The highest BCUT2D eigenvalue weighted by atomic mass is 16.7. The van der Waals surface area contributed by atoms with Crippen LogP contribution in [0.25, 0.3) is 0 Å². The summed E-state index contributed by atoms with van der Waals surface area (Å²) in [6.07, 6.45) is -4.62. The molecule has 8 N–H and O–H groups in total. The fourth-order valence-electron chi connectivity index (χ4n) is 16.3. The number of esters is 5. The second-order valence-electron chi connectivity index (χ2n) is 26.6. The lowest BCUT2D eigenvalue weighted by Gasteiger charge is -2.69. The van der Waals surface area contributed by atoms with Crippen molar-refractivity contribution in [1.29, 1.82) is 0 Å². The Kier molecular flexibility index (Phi) is 21.7. The molecule has 2 amide bonds. The van der Waals surface area contributed by atoms with Gasteiger partial charge in [-0.25, -0.2) is 4.79 Å². The predicted molar refractivity (Wildman–Crippen MR) is 299 cm³/mol. The molecule has 5 saturated carbocycles. The highest BCUT2D eigenvalue weighted by Crippen LogP contribution is 2.67. The number of Topliss-reactive ketones (excluding diaryl/α,β-unsaturated/α-hetero) is 1. The van der Waals surface area contributed by atoms with Crippen LogP contribution in [0.3, 0.4) is 0 Å². The van der Waals surface area contributed by atoms with Crippen LogP contribution in [0.2, 0.25) is 0 Å². The Balaban J connectivity index is 1.10. The normalized spacial score (nSPS) is 35.8. The number of rotatable bonds is 21. The van der Waals surface area contributed by atoms with Crippen molar-refractivity contribution in [3.63, 3.8) is 0 Å². The Morgan fingerprint density at radius 3 is 1.96 bits per heavy atom. The average Bonchev–Trinajstić information content (AvgIpc) is 0.728. The van der Waals surface area contributed by atoms with E-state index in [9.17, 15) is 64.2 Å². The second kappa shape index (κ2) is 27.8. The lowest BCUT2D eigenvalue weighted by Crippen LogP contribution is -2.78. The minimum absolute atomic E-state index is 0.0280. The molecule has 16 atom stereocenters. The molecule has 478 valence electrons. The molecule has 0 aromatic rings. The number of amides is 2. The van der Waals surface area contributed by atoms with E-state index in [-0.39, 0.29) is 81.1 Å². The number of nitrogens with one attached hydrogen (secondary N) is 2. The molecule has 2 heterocycles. The summed E-state index contributed by atoms with van der Waals surface area (Å²) >= 11 is 0. The third-order valence-electron chi connectivity index (χ3n) is 20.8. The Labute approximate surface area is 497 Å². The zero-order valence-corrected chi connectivity index (χ0v) is 50.4. The average molecular weight is 1200 g/mol. The lowest BCUT2D eigenvalue weighted by atomic mass is 9.42. The zero-order chi connectivity index (χ0) is 61.8. The Bertz CT molecular complexity index is 2470. The number of carbonyl (C=O) groups is 8. The Hall–Kier alpha value is -4.62. The fraction of sp³-hybridized carbons (Fsp3) is 0.839. The van der Waals surface area contributed by atoms with Gasteiger partial charge in [0.1, 0.15) is 42.4 Å². The van der Waals surface area contributed by atoms with Crippen LogP contribution >= 0.6 is 0 Å². The van der Waals surface area contributed by atoms with Crippen molar-refractivity contribution >= 4 is 47.4 Å². The standard InChI is InChI=1S/C62H94N2O21/c1-33-41(30-62(78)39(27-40(68)36-17-10-7-11-18-36)55-60(6,29-42(80-34(2)66)49(33)59(62,4)5)44(69)28-45-61(55,32-79-45)85-35(3)67)81-58(77)53(50(37-19-12-8-13-20-37)64-56(75)38-21-14-9-15-22-38)83-48(72)25-24-46(70)63-26-16-23-47(71)84-54-51(73)43(31-65)82-57(76)52(54)74/h36-39,41-45,50-55,57,65,69,73-74,76,78H,7-32H2,1-6H3,(H,63,70)(H,64,75)/t39-,41?,42?,43?,44?,45?,50?,51?,52?,53?,54?,55?,57?,60+,61-,62?/m0/s1.